The molecule has 2 aromatic rings. The summed E-state index contributed by atoms with van der Waals surface area (Å²) in [6, 6.07) is 5.03. The highest BCUT2D eigenvalue weighted by molar-refractivity contribution is 6.31. The van der Waals surface area contributed by atoms with Crippen LogP contribution in [0.3, 0.4) is 0 Å². The van der Waals surface area contributed by atoms with E-state index in [4.69, 9.17) is 17.3 Å². The van der Waals surface area contributed by atoms with Gasteiger partial charge in [0.25, 0.3) is 0 Å². The van der Waals surface area contributed by atoms with E-state index >= 15 is 0 Å². The van der Waals surface area contributed by atoms with Gasteiger partial charge in [0, 0.05) is 24.0 Å². The van der Waals surface area contributed by atoms with Gasteiger partial charge in [-0.25, -0.2) is 8.78 Å². The lowest BCUT2D eigenvalue weighted by Gasteiger charge is -2.26. The average molecular weight is 283 g/mol. The van der Waals surface area contributed by atoms with Crippen molar-refractivity contribution in [3.8, 4) is 0 Å². The Hall–Kier alpha value is -1.52. The molecule has 0 spiro atoms. The summed E-state index contributed by atoms with van der Waals surface area (Å²) in [6.07, 6.45) is 3.47. The number of halogens is 3. The predicted octanol–water partition coefficient (Wildman–Crippen LogP) is 3.43. The molecule has 1 aromatic heterocycles. The molecule has 0 aliphatic rings. The molecule has 0 fully saturated rings. The first kappa shape index (κ1) is 13.9. The van der Waals surface area contributed by atoms with Crippen LogP contribution in [0.5, 0.6) is 0 Å². The molecule has 0 bridgehead atoms. The molecule has 0 aliphatic heterocycles. The van der Waals surface area contributed by atoms with Crippen LogP contribution in [0.25, 0.3) is 0 Å². The molecule has 2 nitrogen and oxygen atoms in total. The van der Waals surface area contributed by atoms with Gasteiger partial charge in [-0.2, -0.15) is 0 Å². The highest BCUT2D eigenvalue weighted by atomic mass is 35.5. The molecular formula is C14H13ClF2N2. The molecule has 1 atom stereocenters. The molecule has 0 saturated carbocycles. The SMILES string of the molecule is CC(N)(Cc1ccncc1Cl)c1cc(F)cc(F)c1. The van der Waals surface area contributed by atoms with E-state index in [1.54, 1.807) is 19.2 Å². The predicted molar refractivity (Wildman–Crippen MR) is 70.8 cm³/mol. The minimum Gasteiger partial charge on any atom is -0.321 e. The molecule has 19 heavy (non-hydrogen) atoms. The summed E-state index contributed by atoms with van der Waals surface area (Å²) in [5, 5.41) is 0.482. The van der Waals surface area contributed by atoms with E-state index in [1.165, 1.54) is 18.3 Å². The Morgan fingerprint density at radius 1 is 1.26 bits per heavy atom. The van der Waals surface area contributed by atoms with E-state index < -0.39 is 17.2 Å². The average Bonchev–Trinajstić information content (AvgIpc) is 2.31. The molecular weight excluding hydrogens is 270 g/mol. The first-order valence-electron chi connectivity index (χ1n) is 5.72. The molecule has 1 unspecified atom stereocenters. The summed E-state index contributed by atoms with van der Waals surface area (Å²) in [7, 11) is 0. The van der Waals surface area contributed by atoms with Crippen LogP contribution < -0.4 is 5.73 Å². The largest absolute Gasteiger partial charge is 0.321 e. The Bertz CT molecular complexity index is 579. The third kappa shape index (κ3) is 3.28. The summed E-state index contributed by atoms with van der Waals surface area (Å²) < 4.78 is 26.5. The first-order chi connectivity index (χ1) is 8.88. The Morgan fingerprint density at radius 3 is 2.47 bits per heavy atom. The lowest BCUT2D eigenvalue weighted by atomic mass is 9.87. The number of pyridine rings is 1. The smallest absolute Gasteiger partial charge is 0.126 e. The van der Waals surface area contributed by atoms with Gasteiger partial charge in [0.05, 0.1) is 5.02 Å². The third-order valence-electron chi connectivity index (χ3n) is 2.94. The minimum absolute atomic E-state index is 0.358. The van der Waals surface area contributed by atoms with Crippen molar-refractivity contribution in [2.75, 3.05) is 0 Å². The summed E-state index contributed by atoms with van der Waals surface area (Å²) >= 11 is 6.01. The van der Waals surface area contributed by atoms with Gasteiger partial charge in [0.1, 0.15) is 11.6 Å². The molecule has 1 aromatic carbocycles. The maximum Gasteiger partial charge on any atom is 0.126 e. The Labute approximate surface area is 115 Å². The topological polar surface area (TPSA) is 38.9 Å². The molecule has 5 heteroatoms. The molecule has 0 radical (unpaired) electrons. The normalized spacial score (nSPS) is 14.2. The van der Waals surface area contributed by atoms with Crippen LogP contribution in [-0.2, 0) is 12.0 Å². The van der Waals surface area contributed by atoms with Crippen molar-refractivity contribution in [1.29, 1.82) is 0 Å². The molecule has 0 amide bonds. The summed E-state index contributed by atoms with van der Waals surface area (Å²) in [5.74, 6) is -1.29. The second kappa shape index (κ2) is 5.23. The highest BCUT2D eigenvalue weighted by Gasteiger charge is 2.24. The van der Waals surface area contributed by atoms with Crippen LogP contribution in [0.4, 0.5) is 8.78 Å². The van der Waals surface area contributed by atoms with Gasteiger partial charge in [0.15, 0.2) is 0 Å². The Balaban J connectivity index is 2.34. The number of nitrogens with zero attached hydrogens (tertiary/aromatic N) is 1. The van der Waals surface area contributed by atoms with E-state index in [0.717, 1.165) is 11.6 Å². The summed E-state index contributed by atoms with van der Waals surface area (Å²) in [5.41, 5.74) is 6.41. The lowest BCUT2D eigenvalue weighted by Crippen LogP contribution is -2.35. The van der Waals surface area contributed by atoms with Crippen LogP contribution >= 0.6 is 11.6 Å². The monoisotopic (exact) mass is 282 g/mol. The van der Waals surface area contributed by atoms with Crippen LogP contribution in [0, 0.1) is 11.6 Å². The standard InChI is InChI=1S/C14H13ClF2N2/c1-14(18,7-9-2-3-19-8-13(9)15)10-4-11(16)6-12(17)5-10/h2-6,8H,7,18H2,1H3. The highest BCUT2D eigenvalue weighted by Crippen LogP contribution is 2.27. The van der Waals surface area contributed by atoms with Crippen molar-refractivity contribution in [3.05, 3.63) is 64.4 Å². The maximum atomic E-state index is 13.2. The molecule has 2 N–H and O–H groups in total. The first-order valence-corrected chi connectivity index (χ1v) is 6.10. The Morgan fingerprint density at radius 2 is 1.89 bits per heavy atom. The fraction of sp³-hybridized carbons (Fsp3) is 0.214. The van der Waals surface area contributed by atoms with Crippen LogP contribution in [0.15, 0.2) is 36.7 Å². The zero-order valence-corrected chi connectivity index (χ0v) is 11.1. The van der Waals surface area contributed by atoms with Crippen molar-refractivity contribution in [2.24, 2.45) is 5.73 Å². The van der Waals surface area contributed by atoms with E-state index in [0.29, 0.717) is 17.0 Å². The number of nitrogens with two attached hydrogens (primary N) is 1. The third-order valence-corrected chi connectivity index (χ3v) is 3.28. The van der Waals surface area contributed by atoms with Crippen molar-refractivity contribution in [3.63, 3.8) is 0 Å². The van der Waals surface area contributed by atoms with Crippen LogP contribution in [-0.4, -0.2) is 4.98 Å². The number of aromatic nitrogens is 1. The number of hydrogen-bond donors (Lipinski definition) is 1. The van der Waals surface area contributed by atoms with Crippen LogP contribution in [0.2, 0.25) is 5.02 Å². The molecule has 1 heterocycles. The van der Waals surface area contributed by atoms with Gasteiger partial charge in [-0.1, -0.05) is 11.6 Å². The minimum atomic E-state index is -0.923. The van der Waals surface area contributed by atoms with E-state index in [2.05, 4.69) is 4.98 Å². The molecule has 2 rings (SSSR count). The van der Waals surface area contributed by atoms with Gasteiger partial charge in [-0.05, 0) is 42.7 Å². The molecule has 100 valence electrons. The number of benzene rings is 1. The van der Waals surface area contributed by atoms with Crippen molar-refractivity contribution in [2.45, 2.75) is 18.9 Å². The summed E-state index contributed by atoms with van der Waals surface area (Å²) in [4.78, 5) is 3.88. The van der Waals surface area contributed by atoms with E-state index in [9.17, 15) is 8.78 Å². The Kier molecular flexibility index (Phi) is 3.83. The van der Waals surface area contributed by atoms with E-state index in [-0.39, 0.29) is 0 Å². The van der Waals surface area contributed by atoms with Crippen molar-refractivity contribution < 1.29 is 8.78 Å². The second-order valence-corrected chi connectivity index (χ2v) is 5.13. The van der Waals surface area contributed by atoms with Gasteiger partial charge in [-0.15, -0.1) is 0 Å². The quantitative estimate of drug-likeness (QED) is 0.937. The van der Waals surface area contributed by atoms with Gasteiger partial charge in [0.2, 0.25) is 0 Å². The second-order valence-electron chi connectivity index (χ2n) is 4.72. The van der Waals surface area contributed by atoms with Gasteiger partial charge >= 0.3 is 0 Å². The molecule has 0 saturated heterocycles. The summed E-state index contributed by atoms with van der Waals surface area (Å²) in [6.45, 7) is 1.71. The van der Waals surface area contributed by atoms with Gasteiger partial charge in [-0.3, -0.25) is 4.98 Å². The number of hydrogen-bond acceptors (Lipinski definition) is 2. The lowest BCUT2D eigenvalue weighted by molar-refractivity contribution is 0.478. The van der Waals surface area contributed by atoms with Crippen molar-refractivity contribution in [1.82, 2.24) is 4.98 Å². The zero-order valence-electron chi connectivity index (χ0n) is 10.3. The maximum absolute atomic E-state index is 13.2. The van der Waals surface area contributed by atoms with Crippen LogP contribution in [0.1, 0.15) is 18.1 Å². The molecule has 0 aliphatic carbocycles. The fourth-order valence-corrected chi connectivity index (χ4v) is 2.11. The van der Waals surface area contributed by atoms with Gasteiger partial charge < -0.3 is 5.73 Å². The zero-order chi connectivity index (χ0) is 14.0. The fourth-order valence-electron chi connectivity index (χ4n) is 1.93. The van der Waals surface area contributed by atoms with Crippen molar-refractivity contribution >= 4 is 11.6 Å². The van der Waals surface area contributed by atoms with E-state index in [1.807, 2.05) is 0 Å². The number of rotatable bonds is 3.